The summed E-state index contributed by atoms with van der Waals surface area (Å²) in [7, 11) is 1.54. The number of pyridine rings is 2. The Balaban J connectivity index is 1.66. The van der Waals surface area contributed by atoms with Gasteiger partial charge in [0.25, 0.3) is 0 Å². The molecule has 3 heterocycles. The van der Waals surface area contributed by atoms with Gasteiger partial charge < -0.3 is 14.4 Å². The molecule has 0 aromatic carbocycles. The predicted molar refractivity (Wildman–Crippen MR) is 111 cm³/mol. The summed E-state index contributed by atoms with van der Waals surface area (Å²) in [6.45, 7) is 4.47. The van der Waals surface area contributed by atoms with Crippen molar-refractivity contribution in [2.45, 2.75) is 44.4 Å². The lowest BCUT2D eigenvalue weighted by molar-refractivity contribution is -0.148. The fourth-order valence-corrected chi connectivity index (χ4v) is 4.02. The number of fused-ring (bicyclic) bond motifs is 1. The van der Waals surface area contributed by atoms with Crippen molar-refractivity contribution >= 4 is 28.3 Å². The van der Waals surface area contributed by atoms with E-state index in [1.807, 2.05) is 11.8 Å². The molecule has 2 aromatic rings. The molecule has 0 bridgehead atoms. The van der Waals surface area contributed by atoms with Crippen LogP contribution in [0.4, 0.5) is 0 Å². The Labute approximate surface area is 179 Å². The maximum Gasteiger partial charge on any atom is 0.226 e. The van der Waals surface area contributed by atoms with Crippen molar-refractivity contribution < 1.29 is 14.3 Å². The van der Waals surface area contributed by atoms with Crippen molar-refractivity contribution in [1.29, 1.82) is 0 Å². The van der Waals surface area contributed by atoms with Crippen LogP contribution in [0.15, 0.2) is 23.6 Å². The maximum atomic E-state index is 12.3. The molecule has 10 heteroatoms. The second-order valence-electron chi connectivity index (χ2n) is 8.09. The van der Waals surface area contributed by atoms with Gasteiger partial charge >= 0.3 is 0 Å². The Hall–Kier alpha value is -2.61. The standard InChI is InChI=1S/C20H23ClN6O3/c1-11-16(9-27(11)19(28)12-4-5-12)30-18-14-7-23-17(21)6-13(14)15(8-24-18)20(2,10-29-3)25-26-22/h6-8,11-12,16H,4-5,9-10H2,1-3H3/t11-,16+,20-/m1/s1. The van der Waals surface area contributed by atoms with E-state index in [0.29, 0.717) is 28.5 Å². The van der Waals surface area contributed by atoms with Crippen LogP contribution in [-0.4, -0.2) is 53.2 Å². The van der Waals surface area contributed by atoms with Gasteiger partial charge in [0.2, 0.25) is 11.8 Å². The number of hydrogen-bond acceptors (Lipinski definition) is 6. The fourth-order valence-electron chi connectivity index (χ4n) is 3.86. The SMILES string of the molecule is COC[C@@](C)(N=[N+]=[N-])c1cnc(O[C@H]2CN(C(=O)C3CC3)[C@@H]2C)c2cnc(Cl)cc12. The molecule has 1 amide bonds. The number of nitrogens with zero attached hydrogens (tertiary/aromatic N) is 6. The topological polar surface area (TPSA) is 113 Å². The van der Waals surface area contributed by atoms with Crippen LogP contribution in [0.3, 0.4) is 0 Å². The summed E-state index contributed by atoms with van der Waals surface area (Å²) in [5.74, 6) is 0.819. The first-order valence-corrected chi connectivity index (χ1v) is 10.2. The number of methoxy groups -OCH3 is 1. The van der Waals surface area contributed by atoms with Gasteiger partial charge in [-0.25, -0.2) is 9.97 Å². The van der Waals surface area contributed by atoms with Gasteiger partial charge in [-0.1, -0.05) is 16.7 Å². The quantitative estimate of drug-likeness (QED) is 0.286. The molecule has 0 N–H and O–H groups in total. The Bertz CT molecular complexity index is 1040. The lowest BCUT2D eigenvalue weighted by atomic mass is 9.91. The number of aromatic nitrogens is 2. The summed E-state index contributed by atoms with van der Waals surface area (Å²) in [6.07, 6.45) is 5.05. The summed E-state index contributed by atoms with van der Waals surface area (Å²) in [6, 6.07) is 1.69. The number of halogens is 1. The first-order chi connectivity index (χ1) is 14.4. The molecule has 9 nitrogen and oxygen atoms in total. The number of azide groups is 1. The van der Waals surface area contributed by atoms with Crippen LogP contribution in [0.2, 0.25) is 5.15 Å². The van der Waals surface area contributed by atoms with Gasteiger partial charge in [0.15, 0.2) is 0 Å². The molecule has 2 fully saturated rings. The van der Waals surface area contributed by atoms with Gasteiger partial charge in [0, 0.05) is 30.3 Å². The molecule has 2 aliphatic rings. The van der Waals surface area contributed by atoms with Crippen molar-refractivity contribution in [2.24, 2.45) is 11.0 Å². The largest absolute Gasteiger partial charge is 0.470 e. The van der Waals surface area contributed by atoms with Crippen molar-refractivity contribution in [2.75, 3.05) is 20.3 Å². The van der Waals surface area contributed by atoms with E-state index in [2.05, 4.69) is 20.0 Å². The van der Waals surface area contributed by atoms with Crippen LogP contribution >= 0.6 is 11.6 Å². The van der Waals surface area contributed by atoms with Crippen LogP contribution in [0, 0.1) is 5.92 Å². The first-order valence-electron chi connectivity index (χ1n) is 9.85. The van der Waals surface area contributed by atoms with Crippen LogP contribution in [0.25, 0.3) is 21.2 Å². The number of hydrogen-bond donors (Lipinski definition) is 0. The predicted octanol–water partition coefficient (Wildman–Crippen LogP) is 3.84. The van der Waals surface area contributed by atoms with Crippen molar-refractivity contribution in [3.05, 3.63) is 39.6 Å². The smallest absolute Gasteiger partial charge is 0.226 e. The first kappa shape index (κ1) is 20.7. The summed E-state index contributed by atoms with van der Waals surface area (Å²) < 4.78 is 11.4. The monoisotopic (exact) mass is 430 g/mol. The molecular formula is C20H23ClN6O3. The second-order valence-corrected chi connectivity index (χ2v) is 8.47. The van der Waals surface area contributed by atoms with Gasteiger partial charge in [-0.2, -0.15) is 0 Å². The maximum absolute atomic E-state index is 12.3. The third-order valence-corrected chi connectivity index (χ3v) is 6.06. The third kappa shape index (κ3) is 3.64. The lowest BCUT2D eigenvalue weighted by Crippen LogP contribution is -2.63. The Morgan fingerprint density at radius 2 is 2.17 bits per heavy atom. The minimum Gasteiger partial charge on any atom is -0.470 e. The highest BCUT2D eigenvalue weighted by Gasteiger charge is 2.45. The summed E-state index contributed by atoms with van der Waals surface area (Å²) in [4.78, 5) is 25.8. The van der Waals surface area contributed by atoms with Crippen LogP contribution in [0.5, 0.6) is 5.88 Å². The van der Waals surface area contributed by atoms with Gasteiger partial charge in [-0.15, -0.1) is 0 Å². The van der Waals surface area contributed by atoms with Crippen molar-refractivity contribution in [1.82, 2.24) is 14.9 Å². The van der Waals surface area contributed by atoms with Gasteiger partial charge in [-0.3, -0.25) is 4.79 Å². The minimum atomic E-state index is -0.977. The van der Waals surface area contributed by atoms with Crippen molar-refractivity contribution in [3.8, 4) is 5.88 Å². The normalized spacial score (nSPS) is 22.7. The average molecular weight is 431 g/mol. The number of carbonyl (C=O) groups excluding carboxylic acids is 1. The number of ether oxygens (including phenoxy) is 2. The lowest BCUT2D eigenvalue weighted by Gasteiger charge is -2.45. The molecule has 158 valence electrons. The average Bonchev–Trinajstić information content (AvgIpc) is 3.55. The van der Waals surface area contributed by atoms with E-state index in [0.717, 1.165) is 18.2 Å². The van der Waals surface area contributed by atoms with Crippen LogP contribution < -0.4 is 4.74 Å². The number of carbonyl (C=O) groups is 1. The van der Waals surface area contributed by atoms with E-state index in [9.17, 15) is 4.79 Å². The van der Waals surface area contributed by atoms with Crippen LogP contribution in [0.1, 0.15) is 32.3 Å². The van der Waals surface area contributed by atoms with Crippen LogP contribution in [-0.2, 0) is 15.1 Å². The molecule has 1 aliphatic heterocycles. The molecule has 30 heavy (non-hydrogen) atoms. The summed E-state index contributed by atoms with van der Waals surface area (Å²) >= 11 is 6.15. The molecule has 2 aromatic heterocycles. The molecular weight excluding hydrogens is 408 g/mol. The van der Waals surface area contributed by atoms with E-state index in [1.165, 1.54) is 0 Å². The molecule has 1 aliphatic carbocycles. The fraction of sp³-hybridized carbons (Fsp3) is 0.550. The van der Waals surface area contributed by atoms with Gasteiger partial charge in [0.05, 0.1) is 30.1 Å². The second kappa shape index (κ2) is 7.91. The zero-order chi connectivity index (χ0) is 21.5. The summed E-state index contributed by atoms with van der Waals surface area (Å²) in [5, 5.41) is 5.64. The zero-order valence-corrected chi connectivity index (χ0v) is 17.8. The molecule has 1 saturated heterocycles. The highest BCUT2D eigenvalue weighted by Crippen LogP contribution is 2.38. The Morgan fingerprint density at radius 1 is 1.40 bits per heavy atom. The van der Waals surface area contributed by atoms with E-state index in [1.54, 1.807) is 32.5 Å². The Morgan fingerprint density at radius 3 is 2.80 bits per heavy atom. The number of amides is 1. The van der Waals surface area contributed by atoms with E-state index < -0.39 is 5.54 Å². The van der Waals surface area contributed by atoms with E-state index in [-0.39, 0.29) is 30.6 Å². The minimum absolute atomic E-state index is 0.0168. The third-order valence-electron chi connectivity index (χ3n) is 5.85. The van der Waals surface area contributed by atoms with E-state index >= 15 is 0 Å². The molecule has 0 unspecified atom stereocenters. The highest BCUT2D eigenvalue weighted by atomic mass is 35.5. The molecule has 0 radical (unpaired) electrons. The zero-order valence-electron chi connectivity index (χ0n) is 17.1. The Kier molecular flexibility index (Phi) is 5.44. The molecule has 0 spiro atoms. The van der Waals surface area contributed by atoms with Gasteiger partial charge in [0.1, 0.15) is 11.3 Å². The summed E-state index contributed by atoms with van der Waals surface area (Å²) in [5.41, 5.74) is 8.75. The number of likely N-dealkylation sites (tertiary alicyclic amines) is 1. The van der Waals surface area contributed by atoms with Crippen molar-refractivity contribution in [3.63, 3.8) is 0 Å². The number of rotatable bonds is 7. The molecule has 1 saturated carbocycles. The van der Waals surface area contributed by atoms with Gasteiger partial charge in [-0.05, 0) is 49.2 Å². The molecule has 3 atom stereocenters. The molecule has 4 rings (SSSR count). The van der Waals surface area contributed by atoms with E-state index in [4.69, 9.17) is 26.6 Å². The highest BCUT2D eigenvalue weighted by molar-refractivity contribution is 6.30.